The Bertz CT molecular complexity index is 1550. The van der Waals surface area contributed by atoms with Crippen LogP contribution in [0.15, 0.2) is 58.6 Å². The maximum atomic E-state index is 12.5. The SMILES string of the molecule is O=c1[nH]c(CSc2nnc(-c3c[nH]c4ccccc34)n2CC2CCCO2)nc2cc(Cl)ccc12. The first-order chi connectivity index (χ1) is 16.7. The quantitative estimate of drug-likeness (QED) is 0.330. The van der Waals surface area contributed by atoms with E-state index in [1.54, 1.807) is 18.2 Å². The Kier molecular flexibility index (Phi) is 5.60. The van der Waals surface area contributed by atoms with Crippen molar-refractivity contribution in [3.8, 4) is 11.4 Å². The van der Waals surface area contributed by atoms with Crippen LogP contribution in [0.2, 0.25) is 5.02 Å². The minimum atomic E-state index is -0.183. The zero-order valence-corrected chi connectivity index (χ0v) is 19.7. The van der Waals surface area contributed by atoms with Gasteiger partial charge in [-0.1, -0.05) is 41.6 Å². The molecule has 0 spiro atoms. The van der Waals surface area contributed by atoms with Gasteiger partial charge in [0.05, 0.1) is 29.3 Å². The van der Waals surface area contributed by atoms with Gasteiger partial charge in [0.1, 0.15) is 5.82 Å². The van der Waals surface area contributed by atoms with Crippen molar-refractivity contribution >= 4 is 45.2 Å². The molecule has 0 aliphatic carbocycles. The van der Waals surface area contributed by atoms with Crippen LogP contribution >= 0.6 is 23.4 Å². The Morgan fingerprint density at radius 1 is 1.18 bits per heavy atom. The number of benzene rings is 2. The molecule has 1 atom stereocenters. The molecule has 2 N–H and O–H groups in total. The molecule has 1 fully saturated rings. The molecule has 0 saturated carbocycles. The summed E-state index contributed by atoms with van der Waals surface area (Å²) in [4.78, 5) is 23.3. The number of aromatic amines is 2. The third-order valence-electron chi connectivity index (χ3n) is 6.01. The summed E-state index contributed by atoms with van der Waals surface area (Å²) in [5.74, 6) is 1.79. The molecule has 1 unspecified atom stereocenters. The average Bonchev–Trinajstić information content (AvgIpc) is 3.58. The van der Waals surface area contributed by atoms with Crippen molar-refractivity contribution in [3.05, 3.63) is 69.9 Å². The molecule has 0 radical (unpaired) electrons. The van der Waals surface area contributed by atoms with Crippen LogP contribution < -0.4 is 5.56 Å². The van der Waals surface area contributed by atoms with Crippen molar-refractivity contribution in [2.45, 2.75) is 36.4 Å². The number of aromatic nitrogens is 6. The minimum Gasteiger partial charge on any atom is -0.376 e. The lowest BCUT2D eigenvalue weighted by Gasteiger charge is -2.14. The van der Waals surface area contributed by atoms with E-state index in [-0.39, 0.29) is 11.7 Å². The number of rotatable bonds is 6. The number of halogens is 1. The van der Waals surface area contributed by atoms with Gasteiger partial charge in [-0.3, -0.25) is 9.36 Å². The summed E-state index contributed by atoms with van der Waals surface area (Å²) in [6.07, 6.45) is 4.17. The van der Waals surface area contributed by atoms with Gasteiger partial charge in [-0.25, -0.2) is 4.98 Å². The maximum absolute atomic E-state index is 12.5. The number of para-hydroxylation sites is 1. The lowest BCUT2D eigenvalue weighted by Crippen LogP contribution is -2.17. The van der Waals surface area contributed by atoms with Gasteiger partial charge in [-0.05, 0) is 37.1 Å². The van der Waals surface area contributed by atoms with E-state index in [0.717, 1.165) is 46.9 Å². The second kappa shape index (κ2) is 8.90. The largest absolute Gasteiger partial charge is 0.376 e. The molecule has 172 valence electrons. The van der Waals surface area contributed by atoms with Crippen molar-refractivity contribution in [1.29, 1.82) is 0 Å². The van der Waals surface area contributed by atoms with Gasteiger partial charge in [0, 0.05) is 34.3 Å². The van der Waals surface area contributed by atoms with Crippen LogP contribution in [0.5, 0.6) is 0 Å². The number of H-pyrrole nitrogens is 2. The van der Waals surface area contributed by atoms with Crippen molar-refractivity contribution in [3.63, 3.8) is 0 Å². The Balaban J connectivity index is 1.35. The van der Waals surface area contributed by atoms with Crippen LogP contribution in [0.1, 0.15) is 18.7 Å². The van der Waals surface area contributed by atoms with Crippen LogP contribution in [-0.2, 0) is 17.0 Å². The molecule has 4 heterocycles. The van der Waals surface area contributed by atoms with Crippen LogP contribution in [-0.4, -0.2) is 42.4 Å². The summed E-state index contributed by atoms with van der Waals surface area (Å²) in [6, 6.07) is 13.2. The normalized spacial score (nSPS) is 16.1. The predicted molar refractivity (Wildman–Crippen MR) is 133 cm³/mol. The van der Waals surface area contributed by atoms with Crippen molar-refractivity contribution in [2.75, 3.05) is 6.61 Å². The standard InChI is InChI=1S/C24H21ClN6O2S/c25-14-7-8-17-20(10-14)27-21(28-23(17)32)13-34-24-30-29-22(31(24)12-15-4-3-9-33-15)18-11-26-19-6-2-1-5-16(18)19/h1-2,5-8,10-11,15,26H,3-4,9,12-13H2,(H,27,28,32). The number of thioether (sulfide) groups is 1. The van der Waals surface area contributed by atoms with E-state index in [0.29, 0.717) is 34.0 Å². The van der Waals surface area contributed by atoms with E-state index in [4.69, 9.17) is 16.3 Å². The van der Waals surface area contributed by atoms with Gasteiger partial charge < -0.3 is 14.7 Å². The fraction of sp³-hybridized carbons (Fsp3) is 0.250. The third-order valence-corrected chi connectivity index (χ3v) is 7.23. The number of nitrogens with one attached hydrogen (secondary N) is 2. The molecule has 2 aromatic carbocycles. The summed E-state index contributed by atoms with van der Waals surface area (Å²) < 4.78 is 8.03. The van der Waals surface area contributed by atoms with E-state index in [1.807, 2.05) is 24.4 Å². The minimum absolute atomic E-state index is 0.125. The van der Waals surface area contributed by atoms with E-state index in [9.17, 15) is 4.79 Å². The van der Waals surface area contributed by atoms with Crippen LogP contribution in [0.4, 0.5) is 0 Å². The van der Waals surface area contributed by atoms with Crippen LogP contribution in [0.25, 0.3) is 33.2 Å². The van der Waals surface area contributed by atoms with Crippen molar-refractivity contribution in [2.24, 2.45) is 0 Å². The van der Waals surface area contributed by atoms with Gasteiger partial charge in [0.2, 0.25) is 0 Å². The Hall–Kier alpha value is -3.14. The number of hydrogen-bond donors (Lipinski definition) is 2. The molecule has 1 aliphatic heterocycles. The molecule has 6 rings (SSSR count). The summed E-state index contributed by atoms with van der Waals surface area (Å²) in [7, 11) is 0. The highest BCUT2D eigenvalue weighted by Crippen LogP contribution is 2.32. The van der Waals surface area contributed by atoms with E-state index in [1.165, 1.54) is 11.8 Å². The highest BCUT2D eigenvalue weighted by Gasteiger charge is 2.23. The van der Waals surface area contributed by atoms with E-state index in [2.05, 4.69) is 35.8 Å². The van der Waals surface area contributed by atoms with Crippen molar-refractivity contribution < 1.29 is 4.74 Å². The summed E-state index contributed by atoms with van der Waals surface area (Å²) in [5.41, 5.74) is 2.44. The van der Waals surface area contributed by atoms with E-state index >= 15 is 0 Å². The van der Waals surface area contributed by atoms with Gasteiger partial charge in [0.15, 0.2) is 11.0 Å². The van der Waals surface area contributed by atoms with Crippen LogP contribution in [0.3, 0.4) is 0 Å². The number of fused-ring (bicyclic) bond motifs is 2. The molecular weight excluding hydrogens is 472 g/mol. The third kappa shape index (κ3) is 4.00. The highest BCUT2D eigenvalue weighted by atomic mass is 35.5. The smallest absolute Gasteiger partial charge is 0.258 e. The van der Waals surface area contributed by atoms with E-state index < -0.39 is 0 Å². The van der Waals surface area contributed by atoms with Crippen LogP contribution in [0, 0.1) is 0 Å². The molecule has 34 heavy (non-hydrogen) atoms. The summed E-state index contributed by atoms with van der Waals surface area (Å²) >= 11 is 7.58. The molecule has 5 aromatic rings. The van der Waals surface area contributed by atoms with Crippen molar-refractivity contribution in [1.82, 2.24) is 29.7 Å². The molecule has 3 aromatic heterocycles. The Morgan fingerprint density at radius 2 is 2.09 bits per heavy atom. The molecule has 1 saturated heterocycles. The number of nitrogens with zero attached hydrogens (tertiary/aromatic N) is 4. The second-order valence-corrected chi connectivity index (χ2v) is 9.64. The lowest BCUT2D eigenvalue weighted by atomic mass is 10.1. The highest BCUT2D eigenvalue weighted by molar-refractivity contribution is 7.98. The monoisotopic (exact) mass is 492 g/mol. The zero-order chi connectivity index (χ0) is 23.1. The van der Waals surface area contributed by atoms with Gasteiger partial charge in [-0.2, -0.15) is 0 Å². The summed E-state index contributed by atoms with van der Waals surface area (Å²) in [6.45, 7) is 1.45. The van der Waals surface area contributed by atoms with Gasteiger partial charge in [-0.15, -0.1) is 10.2 Å². The first-order valence-corrected chi connectivity index (χ1v) is 12.4. The maximum Gasteiger partial charge on any atom is 0.258 e. The second-order valence-electron chi connectivity index (χ2n) is 8.26. The fourth-order valence-electron chi connectivity index (χ4n) is 4.37. The van der Waals surface area contributed by atoms with Gasteiger partial charge in [0.25, 0.3) is 5.56 Å². The molecule has 10 heteroatoms. The predicted octanol–water partition coefficient (Wildman–Crippen LogP) is 4.79. The molecule has 0 bridgehead atoms. The van der Waals surface area contributed by atoms with Gasteiger partial charge >= 0.3 is 0 Å². The Labute approximate surface area is 203 Å². The Morgan fingerprint density at radius 3 is 2.97 bits per heavy atom. The summed E-state index contributed by atoms with van der Waals surface area (Å²) in [5, 5.41) is 12.0. The molecule has 1 aliphatic rings. The molecule has 8 nitrogen and oxygen atoms in total. The number of ether oxygens (including phenoxy) is 1. The average molecular weight is 493 g/mol. The lowest BCUT2D eigenvalue weighted by molar-refractivity contribution is 0.0953. The topological polar surface area (TPSA) is 101 Å². The molecular formula is C24H21ClN6O2S. The zero-order valence-electron chi connectivity index (χ0n) is 18.1. The number of hydrogen-bond acceptors (Lipinski definition) is 6. The molecule has 0 amide bonds. The first kappa shape index (κ1) is 21.4. The fourth-order valence-corrected chi connectivity index (χ4v) is 5.35. The first-order valence-electron chi connectivity index (χ1n) is 11.1.